The fourth-order valence-corrected chi connectivity index (χ4v) is 3.36. The highest BCUT2D eigenvalue weighted by atomic mass is 19.2. The molecule has 1 aliphatic heterocycles. The first-order valence-corrected chi connectivity index (χ1v) is 9.00. The second-order valence-electron chi connectivity index (χ2n) is 6.75. The predicted octanol–water partition coefficient (Wildman–Crippen LogP) is 3.11. The Balaban J connectivity index is 1.62. The van der Waals surface area contributed by atoms with Gasteiger partial charge in [0.05, 0.1) is 24.3 Å². The van der Waals surface area contributed by atoms with Gasteiger partial charge in [-0.3, -0.25) is 9.48 Å². The molecule has 0 radical (unpaired) electrons. The molecule has 0 spiro atoms. The van der Waals surface area contributed by atoms with E-state index in [1.54, 1.807) is 10.7 Å². The summed E-state index contributed by atoms with van der Waals surface area (Å²) in [6, 6.07) is 8.08. The number of rotatable bonds is 3. The fraction of sp³-hybridized carbons (Fsp3) is 0.150. The van der Waals surface area contributed by atoms with Crippen molar-refractivity contribution in [3.63, 3.8) is 0 Å². The van der Waals surface area contributed by atoms with Gasteiger partial charge in [0.1, 0.15) is 11.5 Å². The van der Waals surface area contributed by atoms with Crippen LogP contribution in [0.1, 0.15) is 16.1 Å². The van der Waals surface area contributed by atoms with E-state index in [0.29, 0.717) is 11.3 Å². The molecule has 30 heavy (non-hydrogen) atoms. The van der Waals surface area contributed by atoms with E-state index in [4.69, 9.17) is 5.73 Å². The summed E-state index contributed by atoms with van der Waals surface area (Å²) in [6.07, 6.45) is 0. The summed E-state index contributed by atoms with van der Waals surface area (Å²) in [5.41, 5.74) is 6.78. The summed E-state index contributed by atoms with van der Waals surface area (Å²) in [4.78, 5) is 26.1. The van der Waals surface area contributed by atoms with Crippen molar-refractivity contribution < 1.29 is 22.8 Å². The van der Waals surface area contributed by atoms with Crippen molar-refractivity contribution in [2.24, 2.45) is 5.73 Å². The molecule has 3 amide bonds. The maximum absolute atomic E-state index is 13.6. The number of carbonyl (C=O) groups is 2. The average molecular weight is 415 g/mol. The number of anilines is 1. The highest BCUT2D eigenvalue weighted by Crippen LogP contribution is 2.29. The molecule has 2 heterocycles. The number of nitrogens with one attached hydrogen (secondary N) is 1. The molecule has 3 aromatic rings. The minimum atomic E-state index is -1.08. The van der Waals surface area contributed by atoms with E-state index in [1.807, 2.05) is 0 Å². The van der Waals surface area contributed by atoms with Gasteiger partial charge in [-0.25, -0.2) is 18.0 Å². The van der Waals surface area contributed by atoms with Crippen molar-refractivity contribution in [2.75, 3.05) is 11.9 Å². The monoisotopic (exact) mass is 415 g/mol. The number of amides is 3. The van der Waals surface area contributed by atoms with Gasteiger partial charge in [-0.2, -0.15) is 5.10 Å². The quantitative estimate of drug-likeness (QED) is 0.688. The lowest BCUT2D eigenvalue weighted by atomic mass is 10.0. The molecule has 0 fully saturated rings. The number of nitrogens with two attached hydrogens (primary N) is 1. The first kappa shape index (κ1) is 19.5. The number of aromatic nitrogens is 2. The highest BCUT2D eigenvalue weighted by Gasteiger charge is 2.29. The molecule has 0 saturated carbocycles. The van der Waals surface area contributed by atoms with Crippen LogP contribution in [0.15, 0.2) is 42.5 Å². The van der Waals surface area contributed by atoms with Gasteiger partial charge >= 0.3 is 6.03 Å². The number of hydrogen-bond donors (Lipinski definition) is 2. The summed E-state index contributed by atoms with van der Waals surface area (Å²) < 4.78 is 41.6. The zero-order valence-electron chi connectivity index (χ0n) is 15.5. The Labute approximate surface area is 168 Å². The SMILES string of the molecule is NC(=O)c1c(-c2cccc(F)c2)nn2c1CN(C(=O)Nc1ccc(F)c(F)c1)CC2. The number of fused-ring (bicyclic) bond motifs is 1. The minimum Gasteiger partial charge on any atom is -0.365 e. The van der Waals surface area contributed by atoms with Gasteiger partial charge < -0.3 is 16.0 Å². The van der Waals surface area contributed by atoms with Crippen LogP contribution in [0, 0.1) is 17.5 Å². The molecule has 0 unspecified atom stereocenters. The van der Waals surface area contributed by atoms with Gasteiger partial charge in [0.2, 0.25) is 0 Å². The first-order chi connectivity index (χ1) is 14.3. The summed E-state index contributed by atoms with van der Waals surface area (Å²) in [5, 5.41) is 6.87. The largest absolute Gasteiger partial charge is 0.365 e. The molecule has 0 bridgehead atoms. The van der Waals surface area contributed by atoms with E-state index < -0.39 is 29.4 Å². The molecule has 7 nitrogen and oxygen atoms in total. The van der Waals surface area contributed by atoms with Crippen LogP contribution in [0.3, 0.4) is 0 Å². The van der Waals surface area contributed by atoms with E-state index in [0.717, 1.165) is 12.1 Å². The van der Waals surface area contributed by atoms with Crippen LogP contribution in [0.4, 0.5) is 23.7 Å². The van der Waals surface area contributed by atoms with E-state index in [2.05, 4.69) is 10.4 Å². The number of benzene rings is 2. The maximum atomic E-state index is 13.6. The Bertz CT molecular complexity index is 1160. The Kier molecular flexibility index (Phi) is 4.90. The maximum Gasteiger partial charge on any atom is 0.322 e. The molecule has 154 valence electrons. The standard InChI is InChI=1S/C20H16F3N5O2/c21-12-3-1-2-11(8-12)18-17(19(24)29)16-10-27(6-7-28(16)26-18)20(30)25-13-4-5-14(22)15(23)9-13/h1-5,8-9H,6-7,10H2,(H2,24,29)(H,25,30). The molecule has 1 aromatic heterocycles. The summed E-state index contributed by atoms with van der Waals surface area (Å²) in [7, 11) is 0. The number of urea groups is 1. The normalized spacial score (nSPS) is 13.1. The molecule has 10 heteroatoms. The van der Waals surface area contributed by atoms with E-state index in [-0.39, 0.29) is 36.6 Å². The lowest BCUT2D eigenvalue weighted by Gasteiger charge is -2.28. The third-order valence-corrected chi connectivity index (χ3v) is 4.78. The third kappa shape index (κ3) is 3.59. The van der Waals surface area contributed by atoms with Crippen molar-refractivity contribution in [3.8, 4) is 11.3 Å². The molecular weight excluding hydrogens is 399 g/mol. The lowest BCUT2D eigenvalue weighted by molar-refractivity contribution is 0.0997. The van der Waals surface area contributed by atoms with Crippen LogP contribution in [-0.2, 0) is 13.1 Å². The van der Waals surface area contributed by atoms with Crippen molar-refractivity contribution in [1.82, 2.24) is 14.7 Å². The Morgan fingerprint density at radius 2 is 1.83 bits per heavy atom. The van der Waals surface area contributed by atoms with Crippen LogP contribution < -0.4 is 11.1 Å². The second-order valence-corrected chi connectivity index (χ2v) is 6.75. The van der Waals surface area contributed by atoms with Gasteiger partial charge in [0, 0.05) is 23.9 Å². The van der Waals surface area contributed by atoms with Gasteiger partial charge in [-0.15, -0.1) is 0 Å². The molecule has 4 rings (SSSR count). The molecule has 0 aliphatic carbocycles. The van der Waals surface area contributed by atoms with Crippen LogP contribution in [0.2, 0.25) is 0 Å². The summed E-state index contributed by atoms with van der Waals surface area (Å²) in [5.74, 6) is -3.34. The van der Waals surface area contributed by atoms with Gasteiger partial charge in [0.15, 0.2) is 11.6 Å². The Morgan fingerprint density at radius 1 is 1.03 bits per heavy atom. The predicted molar refractivity (Wildman–Crippen MR) is 102 cm³/mol. The summed E-state index contributed by atoms with van der Waals surface area (Å²) in [6.45, 7) is 0.539. The zero-order valence-corrected chi connectivity index (χ0v) is 15.5. The lowest BCUT2D eigenvalue weighted by Crippen LogP contribution is -2.41. The van der Waals surface area contributed by atoms with Crippen LogP contribution >= 0.6 is 0 Å². The van der Waals surface area contributed by atoms with Gasteiger partial charge in [0.25, 0.3) is 5.91 Å². The number of hydrogen-bond acceptors (Lipinski definition) is 3. The summed E-state index contributed by atoms with van der Waals surface area (Å²) >= 11 is 0. The van der Waals surface area contributed by atoms with Crippen molar-refractivity contribution in [3.05, 3.63) is 71.2 Å². The molecule has 3 N–H and O–H groups in total. The van der Waals surface area contributed by atoms with Crippen molar-refractivity contribution in [2.45, 2.75) is 13.1 Å². The Morgan fingerprint density at radius 3 is 2.53 bits per heavy atom. The van der Waals surface area contributed by atoms with Gasteiger partial charge in [-0.1, -0.05) is 12.1 Å². The second kappa shape index (κ2) is 7.54. The average Bonchev–Trinajstić information content (AvgIpc) is 3.10. The Hall–Kier alpha value is -3.82. The number of primary amides is 1. The van der Waals surface area contributed by atoms with Crippen LogP contribution in [0.25, 0.3) is 11.3 Å². The van der Waals surface area contributed by atoms with Gasteiger partial charge in [-0.05, 0) is 24.3 Å². The number of nitrogens with zero attached hydrogens (tertiary/aromatic N) is 3. The van der Waals surface area contributed by atoms with Crippen molar-refractivity contribution in [1.29, 1.82) is 0 Å². The molecule has 1 aliphatic rings. The smallest absolute Gasteiger partial charge is 0.322 e. The molecule has 2 aromatic carbocycles. The topological polar surface area (TPSA) is 93.2 Å². The van der Waals surface area contributed by atoms with Crippen LogP contribution in [-0.4, -0.2) is 33.2 Å². The van der Waals surface area contributed by atoms with Crippen molar-refractivity contribution >= 4 is 17.6 Å². The molecule has 0 atom stereocenters. The highest BCUT2D eigenvalue weighted by molar-refractivity contribution is 6.00. The molecular formula is C20H16F3N5O2. The minimum absolute atomic E-state index is 0.0100. The number of halogens is 3. The zero-order chi connectivity index (χ0) is 21.4. The van der Waals surface area contributed by atoms with E-state index in [9.17, 15) is 22.8 Å². The molecule has 0 saturated heterocycles. The van der Waals surface area contributed by atoms with Crippen LogP contribution in [0.5, 0.6) is 0 Å². The van der Waals surface area contributed by atoms with E-state index in [1.165, 1.54) is 29.2 Å². The fourth-order valence-electron chi connectivity index (χ4n) is 3.36. The van der Waals surface area contributed by atoms with E-state index >= 15 is 0 Å². The third-order valence-electron chi connectivity index (χ3n) is 4.78. The first-order valence-electron chi connectivity index (χ1n) is 9.00. The number of carbonyl (C=O) groups excluding carboxylic acids is 2.